The molecule has 92 valence electrons. The van der Waals surface area contributed by atoms with Crippen LogP contribution in [0.15, 0.2) is 18.2 Å². The summed E-state index contributed by atoms with van der Waals surface area (Å²) in [5.74, 6) is -0.739. The van der Waals surface area contributed by atoms with E-state index in [1.54, 1.807) is 6.07 Å². The number of rotatable bonds is 2. The van der Waals surface area contributed by atoms with E-state index in [0.717, 1.165) is 25.8 Å². The van der Waals surface area contributed by atoms with Gasteiger partial charge in [0, 0.05) is 12.6 Å². The minimum Gasteiger partial charge on any atom is -0.334 e. The van der Waals surface area contributed by atoms with Gasteiger partial charge in [0.25, 0.3) is 5.91 Å². The fraction of sp³-hybridized carbons (Fsp3) is 0.538. The van der Waals surface area contributed by atoms with Gasteiger partial charge in [-0.2, -0.15) is 4.39 Å². The van der Waals surface area contributed by atoms with Crippen molar-refractivity contribution in [1.82, 2.24) is 9.88 Å². The highest BCUT2D eigenvalue weighted by Crippen LogP contribution is 2.21. The molecule has 4 heteroatoms. The summed E-state index contributed by atoms with van der Waals surface area (Å²) in [4.78, 5) is 17.7. The molecule has 17 heavy (non-hydrogen) atoms. The Kier molecular flexibility index (Phi) is 3.71. The zero-order valence-corrected chi connectivity index (χ0v) is 10.0. The number of hydrogen-bond acceptors (Lipinski definition) is 2. The van der Waals surface area contributed by atoms with Gasteiger partial charge in [0.2, 0.25) is 5.95 Å². The molecule has 0 bridgehead atoms. The molecule has 0 spiro atoms. The molecule has 0 aromatic carbocycles. The van der Waals surface area contributed by atoms with Crippen molar-refractivity contribution >= 4 is 5.91 Å². The molecule has 0 aliphatic carbocycles. The number of likely N-dealkylation sites (tertiary alicyclic amines) is 1. The van der Waals surface area contributed by atoms with Crippen molar-refractivity contribution in [2.75, 3.05) is 6.54 Å². The van der Waals surface area contributed by atoms with E-state index in [2.05, 4.69) is 11.9 Å². The lowest BCUT2D eigenvalue weighted by Gasteiger charge is -2.35. The van der Waals surface area contributed by atoms with Gasteiger partial charge in [-0.05, 0) is 37.8 Å². The van der Waals surface area contributed by atoms with Crippen molar-refractivity contribution in [3.8, 4) is 0 Å². The quantitative estimate of drug-likeness (QED) is 0.739. The lowest BCUT2D eigenvalue weighted by Crippen LogP contribution is -2.43. The molecule has 1 unspecified atom stereocenters. The summed E-state index contributed by atoms with van der Waals surface area (Å²) in [6, 6.07) is 4.64. The maximum Gasteiger partial charge on any atom is 0.272 e. The Balaban J connectivity index is 2.18. The first kappa shape index (κ1) is 12.0. The normalized spacial score (nSPS) is 20.4. The van der Waals surface area contributed by atoms with Gasteiger partial charge in [-0.3, -0.25) is 4.79 Å². The van der Waals surface area contributed by atoms with E-state index in [1.165, 1.54) is 18.6 Å². The number of amides is 1. The van der Waals surface area contributed by atoms with Gasteiger partial charge in [-0.15, -0.1) is 0 Å². The molecular weight excluding hydrogens is 219 g/mol. The summed E-state index contributed by atoms with van der Waals surface area (Å²) in [6.45, 7) is 2.84. The molecule has 0 radical (unpaired) electrons. The van der Waals surface area contributed by atoms with Crippen molar-refractivity contribution in [1.29, 1.82) is 0 Å². The van der Waals surface area contributed by atoms with Crippen LogP contribution in [0.3, 0.4) is 0 Å². The summed E-state index contributed by atoms with van der Waals surface area (Å²) < 4.78 is 13.0. The lowest BCUT2D eigenvalue weighted by atomic mass is 9.99. The molecule has 2 rings (SSSR count). The Morgan fingerprint density at radius 2 is 2.35 bits per heavy atom. The first-order valence-corrected chi connectivity index (χ1v) is 6.16. The van der Waals surface area contributed by atoms with Crippen LogP contribution in [0.4, 0.5) is 4.39 Å². The minimum atomic E-state index is -0.596. The van der Waals surface area contributed by atoms with Gasteiger partial charge in [0.05, 0.1) is 0 Å². The smallest absolute Gasteiger partial charge is 0.272 e. The van der Waals surface area contributed by atoms with E-state index in [9.17, 15) is 9.18 Å². The van der Waals surface area contributed by atoms with Gasteiger partial charge < -0.3 is 4.90 Å². The Labute approximate surface area is 101 Å². The van der Waals surface area contributed by atoms with Crippen LogP contribution in [0.25, 0.3) is 0 Å². The predicted octanol–water partition coefficient (Wildman–Crippen LogP) is 2.63. The number of hydrogen-bond donors (Lipinski definition) is 0. The second kappa shape index (κ2) is 5.25. The molecule has 1 amide bonds. The third-order valence-corrected chi connectivity index (χ3v) is 3.29. The summed E-state index contributed by atoms with van der Waals surface area (Å²) in [6.07, 6.45) is 4.18. The second-order valence-electron chi connectivity index (χ2n) is 4.40. The van der Waals surface area contributed by atoms with Crippen molar-refractivity contribution in [2.24, 2.45) is 0 Å². The largest absolute Gasteiger partial charge is 0.334 e. The fourth-order valence-electron chi connectivity index (χ4n) is 2.37. The molecule has 1 aromatic rings. The van der Waals surface area contributed by atoms with Crippen LogP contribution in [0.1, 0.15) is 43.1 Å². The van der Waals surface area contributed by atoms with Gasteiger partial charge >= 0.3 is 0 Å². The minimum absolute atomic E-state index is 0.143. The Morgan fingerprint density at radius 1 is 1.53 bits per heavy atom. The number of nitrogens with zero attached hydrogens (tertiary/aromatic N) is 2. The zero-order chi connectivity index (χ0) is 12.3. The number of carbonyl (C=O) groups is 1. The van der Waals surface area contributed by atoms with E-state index in [1.807, 2.05) is 4.90 Å². The maximum absolute atomic E-state index is 13.0. The fourth-order valence-corrected chi connectivity index (χ4v) is 2.37. The molecular formula is C13H17FN2O. The van der Waals surface area contributed by atoms with E-state index in [0.29, 0.717) is 0 Å². The lowest BCUT2D eigenvalue weighted by molar-refractivity contribution is 0.0600. The Hall–Kier alpha value is -1.45. The van der Waals surface area contributed by atoms with Crippen LogP contribution in [0.5, 0.6) is 0 Å². The van der Waals surface area contributed by atoms with E-state index in [-0.39, 0.29) is 17.6 Å². The highest BCUT2D eigenvalue weighted by molar-refractivity contribution is 5.92. The molecule has 1 atom stereocenters. The zero-order valence-electron chi connectivity index (χ0n) is 10.0. The second-order valence-corrected chi connectivity index (χ2v) is 4.40. The first-order valence-electron chi connectivity index (χ1n) is 6.16. The summed E-state index contributed by atoms with van der Waals surface area (Å²) in [5.41, 5.74) is 0.213. The number of carbonyl (C=O) groups excluding carboxylic acids is 1. The van der Waals surface area contributed by atoms with Crippen LogP contribution >= 0.6 is 0 Å². The molecule has 0 saturated carbocycles. The molecule has 0 N–H and O–H groups in total. The molecule has 1 aliphatic rings. The summed E-state index contributed by atoms with van der Waals surface area (Å²) in [7, 11) is 0. The highest BCUT2D eigenvalue weighted by Gasteiger charge is 2.26. The molecule has 1 aromatic heterocycles. The Morgan fingerprint density at radius 3 is 3.06 bits per heavy atom. The average molecular weight is 236 g/mol. The van der Waals surface area contributed by atoms with Crippen LogP contribution in [-0.2, 0) is 0 Å². The van der Waals surface area contributed by atoms with Gasteiger partial charge in [0.1, 0.15) is 5.69 Å². The number of halogens is 1. The third kappa shape index (κ3) is 2.62. The van der Waals surface area contributed by atoms with Crippen molar-refractivity contribution in [3.63, 3.8) is 0 Å². The summed E-state index contributed by atoms with van der Waals surface area (Å²) in [5, 5.41) is 0. The predicted molar refractivity (Wildman–Crippen MR) is 63.2 cm³/mol. The van der Waals surface area contributed by atoms with E-state index >= 15 is 0 Å². The summed E-state index contributed by atoms with van der Waals surface area (Å²) >= 11 is 0. The van der Waals surface area contributed by atoms with Crippen molar-refractivity contribution < 1.29 is 9.18 Å². The monoisotopic (exact) mass is 236 g/mol. The van der Waals surface area contributed by atoms with Gasteiger partial charge in [0.15, 0.2) is 0 Å². The molecule has 1 saturated heterocycles. The molecule has 1 aliphatic heterocycles. The van der Waals surface area contributed by atoms with Crippen LogP contribution in [-0.4, -0.2) is 28.4 Å². The van der Waals surface area contributed by atoms with Crippen molar-refractivity contribution in [2.45, 2.75) is 38.6 Å². The number of piperidine rings is 1. The number of aromatic nitrogens is 1. The van der Waals surface area contributed by atoms with E-state index < -0.39 is 5.95 Å². The molecule has 2 heterocycles. The van der Waals surface area contributed by atoms with Crippen LogP contribution in [0, 0.1) is 5.95 Å². The first-order chi connectivity index (χ1) is 8.22. The standard InChI is InChI=1S/C13H17FN2O/c1-2-10-6-3-4-9-16(10)13(17)11-7-5-8-12(14)15-11/h5,7-8,10H,2-4,6,9H2,1H3. The van der Waals surface area contributed by atoms with E-state index in [4.69, 9.17) is 0 Å². The average Bonchev–Trinajstić information content (AvgIpc) is 2.38. The number of pyridine rings is 1. The highest BCUT2D eigenvalue weighted by atomic mass is 19.1. The maximum atomic E-state index is 13.0. The third-order valence-electron chi connectivity index (χ3n) is 3.29. The van der Waals surface area contributed by atoms with Crippen molar-refractivity contribution in [3.05, 3.63) is 29.8 Å². The van der Waals surface area contributed by atoms with Gasteiger partial charge in [-0.1, -0.05) is 13.0 Å². The van der Waals surface area contributed by atoms with Gasteiger partial charge in [-0.25, -0.2) is 4.98 Å². The van der Waals surface area contributed by atoms with Crippen LogP contribution < -0.4 is 0 Å². The molecule has 3 nitrogen and oxygen atoms in total. The Bertz CT molecular complexity index is 408. The topological polar surface area (TPSA) is 33.2 Å². The van der Waals surface area contributed by atoms with Crippen LogP contribution in [0.2, 0.25) is 0 Å². The molecule has 1 fully saturated rings. The SMILES string of the molecule is CCC1CCCCN1C(=O)c1cccc(F)n1.